The molecule has 0 unspecified atom stereocenters. The van der Waals surface area contributed by atoms with Gasteiger partial charge in [-0.05, 0) is 13.0 Å². The maximum Gasteiger partial charge on any atom is 0.534 e. The minimum Gasteiger partial charge on any atom is -0.374 e. The number of alkyl halides is 3. The minimum atomic E-state index is -5.72. The number of hydrogen-bond acceptors (Lipinski definition) is 5. The largest absolute Gasteiger partial charge is 0.534 e. The molecule has 1 aromatic heterocycles. The number of benzene rings is 1. The molecule has 0 saturated carbocycles. The molecule has 0 atom stereocenters. The van der Waals surface area contributed by atoms with Crippen LogP contribution in [0.1, 0.15) is 5.69 Å². The van der Waals surface area contributed by atoms with E-state index in [1.807, 2.05) is 0 Å². The molecular formula is C10H7F3N2O3S. The van der Waals surface area contributed by atoms with Crippen LogP contribution in [0.5, 0.6) is 5.75 Å². The molecule has 0 N–H and O–H groups in total. The number of halogens is 3. The fraction of sp³-hybridized carbons (Fsp3) is 0.200. The Kier molecular flexibility index (Phi) is 3.09. The van der Waals surface area contributed by atoms with E-state index in [0.717, 1.165) is 12.4 Å². The number of aryl methyl sites for hydroxylation is 1. The SMILES string of the molecule is Cc1ncnc2c(OS(=O)(=O)C(F)(F)F)cccc12. The summed E-state index contributed by atoms with van der Waals surface area (Å²) in [6, 6.07) is 4.01. The van der Waals surface area contributed by atoms with Crippen molar-refractivity contribution >= 4 is 21.0 Å². The molecule has 0 aliphatic heterocycles. The summed E-state index contributed by atoms with van der Waals surface area (Å²) in [7, 11) is -5.72. The molecule has 1 aromatic carbocycles. The molecule has 9 heteroatoms. The number of aromatic nitrogens is 2. The van der Waals surface area contributed by atoms with E-state index in [1.165, 1.54) is 6.07 Å². The van der Waals surface area contributed by atoms with Crippen molar-refractivity contribution in [3.63, 3.8) is 0 Å². The van der Waals surface area contributed by atoms with E-state index in [4.69, 9.17) is 0 Å². The summed E-state index contributed by atoms with van der Waals surface area (Å²) in [5.74, 6) is -0.486. The molecular weight excluding hydrogens is 285 g/mol. The van der Waals surface area contributed by atoms with Gasteiger partial charge in [0.25, 0.3) is 0 Å². The van der Waals surface area contributed by atoms with Crippen molar-refractivity contribution in [2.24, 2.45) is 0 Å². The third kappa shape index (κ3) is 2.46. The van der Waals surface area contributed by atoms with Crippen LogP contribution in [0.2, 0.25) is 0 Å². The van der Waals surface area contributed by atoms with Crippen LogP contribution < -0.4 is 4.18 Å². The van der Waals surface area contributed by atoms with Crippen LogP contribution in [0.4, 0.5) is 13.2 Å². The van der Waals surface area contributed by atoms with Gasteiger partial charge < -0.3 is 4.18 Å². The Balaban J connectivity index is 2.57. The van der Waals surface area contributed by atoms with Crippen molar-refractivity contribution in [3.8, 4) is 5.75 Å². The Morgan fingerprint density at radius 2 is 1.89 bits per heavy atom. The summed E-state index contributed by atoms with van der Waals surface area (Å²) < 4.78 is 62.8. The number of rotatable bonds is 2. The van der Waals surface area contributed by atoms with Gasteiger partial charge in [0.15, 0.2) is 5.75 Å². The second-order valence-electron chi connectivity index (χ2n) is 3.59. The molecule has 19 heavy (non-hydrogen) atoms. The molecule has 0 aliphatic carbocycles. The zero-order valence-electron chi connectivity index (χ0n) is 9.47. The summed E-state index contributed by atoms with van der Waals surface area (Å²) >= 11 is 0. The van der Waals surface area contributed by atoms with Crippen molar-refractivity contribution < 1.29 is 25.8 Å². The second-order valence-corrected chi connectivity index (χ2v) is 5.13. The van der Waals surface area contributed by atoms with Crippen molar-refractivity contribution in [2.45, 2.75) is 12.4 Å². The number of fused-ring (bicyclic) bond motifs is 1. The zero-order chi connectivity index (χ0) is 14.3. The highest BCUT2D eigenvalue weighted by Crippen LogP contribution is 2.30. The fourth-order valence-corrected chi connectivity index (χ4v) is 1.89. The lowest BCUT2D eigenvalue weighted by Gasteiger charge is -2.11. The topological polar surface area (TPSA) is 69.2 Å². The van der Waals surface area contributed by atoms with Gasteiger partial charge in [0.2, 0.25) is 0 Å². The molecule has 0 fully saturated rings. The second kappa shape index (κ2) is 4.34. The van der Waals surface area contributed by atoms with E-state index < -0.39 is 21.4 Å². The summed E-state index contributed by atoms with van der Waals surface area (Å²) in [6.45, 7) is 1.62. The lowest BCUT2D eigenvalue weighted by molar-refractivity contribution is -0.0499. The zero-order valence-corrected chi connectivity index (χ0v) is 10.3. The van der Waals surface area contributed by atoms with Gasteiger partial charge in [-0.1, -0.05) is 12.1 Å². The predicted octanol–water partition coefficient (Wildman–Crippen LogP) is 2.17. The molecule has 1 heterocycles. The van der Waals surface area contributed by atoms with Crippen LogP contribution in [0.25, 0.3) is 10.9 Å². The maximum absolute atomic E-state index is 12.3. The maximum atomic E-state index is 12.3. The average molecular weight is 292 g/mol. The van der Waals surface area contributed by atoms with Crippen LogP contribution in [0.15, 0.2) is 24.5 Å². The third-order valence-electron chi connectivity index (χ3n) is 2.31. The first-order valence-electron chi connectivity index (χ1n) is 4.93. The van der Waals surface area contributed by atoms with E-state index in [0.29, 0.717) is 11.1 Å². The highest BCUT2D eigenvalue weighted by molar-refractivity contribution is 7.88. The van der Waals surface area contributed by atoms with Crippen molar-refractivity contribution in [3.05, 3.63) is 30.2 Å². The van der Waals surface area contributed by atoms with Crippen molar-refractivity contribution in [1.82, 2.24) is 9.97 Å². The Morgan fingerprint density at radius 1 is 1.21 bits per heavy atom. The summed E-state index contributed by atoms with van der Waals surface area (Å²) in [6.07, 6.45) is 1.12. The summed E-state index contributed by atoms with van der Waals surface area (Å²) in [4.78, 5) is 7.60. The van der Waals surface area contributed by atoms with Crippen LogP contribution in [0.3, 0.4) is 0 Å². The van der Waals surface area contributed by atoms with E-state index >= 15 is 0 Å². The Morgan fingerprint density at radius 3 is 2.53 bits per heavy atom. The van der Waals surface area contributed by atoms with Crippen molar-refractivity contribution in [1.29, 1.82) is 0 Å². The Labute approximate surface area is 106 Å². The van der Waals surface area contributed by atoms with Gasteiger partial charge in [-0.15, -0.1) is 0 Å². The van der Waals surface area contributed by atoms with Gasteiger partial charge in [0.05, 0.1) is 0 Å². The molecule has 0 amide bonds. The van der Waals surface area contributed by atoms with Gasteiger partial charge in [0, 0.05) is 11.1 Å². The first kappa shape index (κ1) is 13.5. The minimum absolute atomic E-state index is 0.00262. The molecule has 0 saturated heterocycles. The van der Waals surface area contributed by atoms with Crippen molar-refractivity contribution in [2.75, 3.05) is 0 Å². The van der Waals surface area contributed by atoms with Gasteiger partial charge in [-0.2, -0.15) is 21.6 Å². The molecule has 0 spiro atoms. The molecule has 0 aliphatic rings. The first-order chi connectivity index (χ1) is 8.72. The fourth-order valence-electron chi connectivity index (χ4n) is 1.42. The molecule has 2 aromatic rings. The van der Waals surface area contributed by atoms with Gasteiger partial charge in [-0.25, -0.2) is 9.97 Å². The Hall–Kier alpha value is -1.90. The summed E-state index contributed by atoms with van der Waals surface area (Å²) in [5.41, 5.74) is -4.99. The monoisotopic (exact) mass is 292 g/mol. The van der Waals surface area contributed by atoms with E-state index in [-0.39, 0.29) is 5.52 Å². The van der Waals surface area contributed by atoms with E-state index in [9.17, 15) is 21.6 Å². The number of hydrogen-bond donors (Lipinski definition) is 0. The lowest BCUT2D eigenvalue weighted by atomic mass is 10.2. The number of nitrogens with zero attached hydrogens (tertiary/aromatic N) is 2. The van der Waals surface area contributed by atoms with Gasteiger partial charge >= 0.3 is 15.6 Å². The predicted molar refractivity (Wildman–Crippen MR) is 59.9 cm³/mol. The van der Waals surface area contributed by atoms with Gasteiger partial charge in [-0.3, -0.25) is 0 Å². The number of para-hydroxylation sites is 1. The third-order valence-corrected chi connectivity index (χ3v) is 3.28. The van der Waals surface area contributed by atoms with Crippen LogP contribution >= 0.6 is 0 Å². The molecule has 2 rings (SSSR count). The van der Waals surface area contributed by atoms with Crippen LogP contribution in [-0.2, 0) is 10.1 Å². The lowest BCUT2D eigenvalue weighted by Crippen LogP contribution is -2.28. The first-order valence-corrected chi connectivity index (χ1v) is 6.34. The quantitative estimate of drug-likeness (QED) is 0.626. The molecule has 0 radical (unpaired) electrons. The van der Waals surface area contributed by atoms with Crippen LogP contribution in [-0.4, -0.2) is 23.9 Å². The van der Waals surface area contributed by atoms with E-state index in [2.05, 4.69) is 14.2 Å². The Bertz CT molecular complexity index is 728. The van der Waals surface area contributed by atoms with Gasteiger partial charge in [0.1, 0.15) is 11.8 Å². The molecule has 0 bridgehead atoms. The molecule has 102 valence electrons. The highest BCUT2D eigenvalue weighted by atomic mass is 32.2. The average Bonchev–Trinajstić information content (AvgIpc) is 2.28. The normalized spacial score (nSPS) is 12.6. The smallest absolute Gasteiger partial charge is 0.374 e. The van der Waals surface area contributed by atoms with E-state index in [1.54, 1.807) is 13.0 Å². The summed E-state index contributed by atoms with van der Waals surface area (Å²) in [5, 5.41) is 0.414. The standard InChI is InChI=1S/C10H7F3N2O3S/c1-6-7-3-2-4-8(9(7)15-5-14-6)18-19(16,17)10(11,12)13/h2-5H,1H3. The highest BCUT2D eigenvalue weighted by Gasteiger charge is 2.48. The van der Waals surface area contributed by atoms with Crippen LogP contribution in [0, 0.1) is 6.92 Å². The molecule has 5 nitrogen and oxygen atoms in total.